The molecular weight excluding hydrogens is 467 g/mol. The summed E-state index contributed by atoms with van der Waals surface area (Å²) in [4.78, 5) is 12.4. The molecule has 3 aliphatic rings. The summed E-state index contributed by atoms with van der Waals surface area (Å²) in [5, 5.41) is 1.07. The van der Waals surface area contributed by atoms with Crippen molar-refractivity contribution in [3.63, 3.8) is 0 Å². The second-order valence-corrected chi connectivity index (χ2v) is 11.6. The molecule has 2 unspecified atom stereocenters. The molecule has 0 spiro atoms. The zero-order valence-electron chi connectivity index (χ0n) is 20.1. The number of carbonyl (C=O) groups excluding carboxylic acids is 1. The molecule has 2 bridgehead atoms. The van der Waals surface area contributed by atoms with Gasteiger partial charge in [-0.3, -0.25) is 4.79 Å². The minimum atomic E-state index is -3.55. The van der Waals surface area contributed by atoms with E-state index in [1.807, 2.05) is 0 Å². The number of fused-ring (bicyclic) bond motifs is 1. The summed E-state index contributed by atoms with van der Waals surface area (Å²) in [6.07, 6.45) is 6.56. The van der Waals surface area contributed by atoms with Gasteiger partial charge in [0.25, 0.3) is 0 Å². The van der Waals surface area contributed by atoms with Gasteiger partial charge in [0.15, 0.2) is 9.84 Å². The van der Waals surface area contributed by atoms with Crippen LogP contribution in [0, 0.1) is 23.1 Å². The Morgan fingerprint density at radius 1 is 1.17 bits per heavy atom. The van der Waals surface area contributed by atoms with Crippen molar-refractivity contribution in [2.75, 3.05) is 13.2 Å². The topological polar surface area (TPSA) is 69.7 Å². The van der Waals surface area contributed by atoms with Gasteiger partial charge in [0, 0.05) is 17.9 Å². The Bertz CT molecular complexity index is 1230. The first-order valence-electron chi connectivity index (χ1n) is 11.9. The van der Waals surface area contributed by atoms with Gasteiger partial charge < -0.3 is 9.47 Å². The van der Waals surface area contributed by atoms with Crippen LogP contribution in [0.25, 0.3) is 0 Å². The van der Waals surface area contributed by atoms with Crippen LogP contribution in [-0.2, 0) is 25.8 Å². The van der Waals surface area contributed by atoms with Crippen LogP contribution in [0.15, 0.2) is 76.6 Å². The van der Waals surface area contributed by atoms with Crippen molar-refractivity contribution < 1.29 is 27.1 Å². The summed E-state index contributed by atoms with van der Waals surface area (Å²) in [7, 11) is -3.55. The Kier molecular flexibility index (Phi) is 7.45. The molecule has 186 valence electrons. The predicted octanol–water partition coefficient (Wildman–Crippen LogP) is 5.66. The highest BCUT2D eigenvalue weighted by atomic mass is 32.2. The third-order valence-corrected chi connectivity index (χ3v) is 8.77. The zero-order valence-corrected chi connectivity index (χ0v) is 20.9. The molecule has 2 aromatic rings. The van der Waals surface area contributed by atoms with E-state index in [4.69, 9.17) is 9.47 Å². The summed E-state index contributed by atoms with van der Waals surface area (Å²) in [6, 6.07) is 12.3. The zero-order chi connectivity index (χ0) is 25.1. The number of halogens is 1. The summed E-state index contributed by atoms with van der Waals surface area (Å²) in [6.45, 7) is 4.89. The van der Waals surface area contributed by atoms with E-state index in [0.717, 1.165) is 24.2 Å². The smallest absolute Gasteiger partial charge is 0.310 e. The van der Waals surface area contributed by atoms with Crippen LogP contribution in [0.3, 0.4) is 0 Å². The Hall–Kier alpha value is -2.93. The van der Waals surface area contributed by atoms with E-state index in [1.165, 1.54) is 42.3 Å². The molecule has 0 aromatic heterocycles. The van der Waals surface area contributed by atoms with E-state index in [9.17, 15) is 17.6 Å². The lowest BCUT2D eigenvalue weighted by molar-refractivity contribution is -0.142. The van der Waals surface area contributed by atoms with Gasteiger partial charge >= 0.3 is 5.97 Å². The van der Waals surface area contributed by atoms with Gasteiger partial charge in [-0.25, -0.2) is 12.8 Å². The van der Waals surface area contributed by atoms with Crippen molar-refractivity contribution in [1.29, 1.82) is 0 Å². The molecule has 5 nitrogen and oxygen atoms in total. The van der Waals surface area contributed by atoms with E-state index in [2.05, 4.69) is 19.9 Å². The molecule has 0 radical (unpaired) electrons. The maximum Gasteiger partial charge on any atom is 0.310 e. The molecular formula is C28H31FO5S. The fraction of sp³-hybridized carbons (Fsp3) is 0.393. The number of hydrogen-bond donors (Lipinski definition) is 0. The van der Waals surface area contributed by atoms with E-state index in [-0.39, 0.29) is 29.2 Å². The van der Waals surface area contributed by atoms with Crippen molar-refractivity contribution in [2.24, 2.45) is 17.3 Å². The molecule has 5 rings (SSSR count). The maximum atomic E-state index is 14.5. The van der Waals surface area contributed by atoms with Crippen molar-refractivity contribution in [1.82, 2.24) is 0 Å². The number of benzene rings is 2. The summed E-state index contributed by atoms with van der Waals surface area (Å²) in [5.74, 6) is 0.559. The molecule has 2 atom stereocenters. The molecule has 1 fully saturated rings. The van der Waals surface area contributed by atoms with Crippen LogP contribution in [0.2, 0.25) is 0 Å². The van der Waals surface area contributed by atoms with Gasteiger partial charge in [-0.2, -0.15) is 0 Å². The number of rotatable bonds is 10. The lowest BCUT2D eigenvalue weighted by atomic mass is 9.48. The summed E-state index contributed by atoms with van der Waals surface area (Å²) in [5.41, 5.74) is 1.94. The van der Waals surface area contributed by atoms with Crippen molar-refractivity contribution in [3.8, 4) is 5.75 Å². The van der Waals surface area contributed by atoms with Crippen LogP contribution in [0.1, 0.15) is 38.7 Å². The first kappa shape index (κ1) is 25.2. The molecule has 0 saturated heterocycles. The molecule has 0 heterocycles. The van der Waals surface area contributed by atoms with Crippen LogP contribution in [-0.4, -0.2) is 27.6 Å². The van der Waals surface area contributed by atoms with E-state index in [1.54, 1.807) is 24.3 Å². The van der Waals surface area contributed by atoms with Gasteiger partial charge in [0.1, 0.15) is 18.2 Å². The van der Waals surface area contributed by atoms with Crippen LogP contribution >= 0.6 is 0 Å². The third-order valence-electron chi connectivity index (χ3n) is 7.29. The van der Waals surface area contributed by atoms with Gasteiger partial charge in [-0.05, 0) is 59.9 Å². The van der Waals surface area contributed by atoms with Gasteiger partial charge in [0.2, 0.25) is 0 Å². The van der Waals surface area contributed by atoms with Gasteiger partial charge in [0.05, 0.1) is 17.9 Å². The number of ether oxygens (including phenoxy) is 2. The molecule has 0 aliphatic heterocycles. The van der Waals surface area contributed by atoms with Gasteiger partial charge in [-0.1, -0.05) is 49.8 Å². The van der Waals surface area contributed by atoms with Crippen LogP contribution < -0.4 is 4.74 Å². The monoisotopic (exact) mass is 498 g/mol. The highest BCUT2D eigenvalue weighted by Crippen LogP contribution is 2.59. The maximum absolute atomic E-state index is 14.5. The first-order chi connectivity index (χ1) is 16.7. The predicted molar refractivity (Wildman–Crippen MR) is 132 cm³/mol. The molecule has 1 saturated carbocycles. The summed E-state index contributed by atoms with van der Waals surface area (Å²) < 4.78 is 49.7. The number of hydrogen-bond acceptors (Lipinski definition) is 5. The normalized spacial score (nSPS) is 20.7. The Morgan fingerprint density at radius 2 is 1.94 bits per heavy atom. The minimum absolute atomic E-state index is 0.0404. The van der Waals surface area contributed by atoms with E-state index in [0.29, 0.717) is 17.9 Å². The lowest BCUT2D eigenvalue weighted by Crippen LogP contribution is -2.48. The number of esters is 1. The standard InChI is InChI=1S/C28H31FO5S/c1-28(2)22-11-9-20(25(28)18-22)13-15-34-27(30)17-21-10-12-23(19-26(21)29)33-14-6-16-35(31,32)24-7-4-3-5-8-24/h3-10,12,16,19,22,25H,11,13-15,17-18H2,1-2H3/b16-6+. The fourth-order valence-electron chi connectivity index (χ4n) is 5.01. The highest BCUT2D eigenvalue weighted by Gasteiger charge is 2.50. The molecule has 7 heteroatoms. The second-order valence-electron chi connectivity index (χ2n) is 9.76. The van der Waals surface area contributed by atoms with Crippen molar-refractivity contribution in [3.05, 3.63) is 83.0 Å². The van der Waals surface area contributed by atoms with Crippen LogP contribution in [0.4, 0.5) is 4.39 Å². The first-order valence-corrected chi connectivity index (χ1v) is 13.4. The SMILES string of the molecule is CC1(C)C2CC=C(CCOC(=O)Cc3ccc(OC/C=C/S(=O)(=O)c4ccccc4)cc3F)C1C2. The second kappa shape index (κ2) is 10.4. The largest absolute Gasteiger partial charge is 0.489 e. The number of sulfone groups is 1. The minimum Gasteiger partial charge on any atom is -0.489 e. The van der Waals surface area contributed by atoms with E-state index < -0.39 is 21.6 Å². The molecule has 2 aromatic carbocycles. The van der Waals surface area contributed by atoms with Crippen LogP contribution in [0.5, 0.6) is 5.75 Å². The van der Waals surface area contributed by atoms with Gasteiger partial charge in [-0.15, -0.1) is 0 Å². The van der Waals surface area contributed by atoms with E-state index >= 15 is 0 Å². The molecule has 0 amide bonds. The quantitative estimate of drug-likeness (QED) is 0.312. The Balaban J connectivity index is 1.22. The Morgan fingerprint density at radius 3 is 2.63 bits per heavy atom. The average Bonchev–Trinajstić information content (AvgIpc) is 2.84. The molecule has 3 aliphatic carbocycles. The van der Waals surface area contributed by atoms with Crippen molar-refractivity contribution >= 4 is 15.8 Å². The lowest BCUT2D eigenvalue weighted by Gasteiger charge is -2.56. The third kappa shape index (κ3) is 5.84. The molecule has 0 N–H and O–H groups in total. The fourth-order valence-corrected chi connectivity index (χ4v) is 6.03. The summed E-state index contributed by atoms with van der Waals surface area (Å²) >= 11 is 0. The number of carbonyl (C=O) groups is 1. The number of allylic oxidation sites excluding steroid dienone is 1. The average molecular weight is 499 g/mol. The van der Waals surface area contributed by atoms with Crippen molar-refractivity contribution in [2.45, 2.75) is 44.4 Å². The highest BCUT2D eigenvalue weighted by molar-refractivity contribution is 7.94. The molecule has 35 heavy (non-hydrogen) atoms. The Labute approximate surface area is 206 Å².